The lowest BCUT2D eigenvalue weighted by Crippen LogP contribution is -2.21. The number of para-hydroxylation sites is 1. The van der Waals surface area contributed by atoms with Gasteiger partial charge in [-0.25, -0.2) is 9.48 Å². The molecule has 0 aliphatic rings. The van der Waals surface area contributed by atoms with Crippen molar-refractivity contribution in [2.45, 2.75) is 6.92 Å². The van der Waals surface area contributed by atoms with E-state index in [1.807, 2.05) is 30.3 Å². The number of halogens is 3. The van der Waals surface area contributed by atoms with Gasteiger partial charge in [0.2, 0.25) is 5.69 Å². The summed E-state index contributed by atoms with van der Waals surface area (Å²) < 4.78 is 12.0. The third-order valence-electron chi connectivity index (χ3n) is 3.80. The molecule has 1 heterocycles. The van der Waals surface area contributed by atoms with Crippen LogP contribution in [0.15, 0.2) is 48.7 Å². The fourth-order valence-corrected chi connectivity index (χ4v) is 3.41. The summed E-state index contributed by atoms with van der Waals surface area (Å²) in [6, 6.07) is 12.0. The maximum absolute atomic E-state index is 12.3. The number of esters is 1. The number of nitrogens with zero attached hydrogens (tertiary/aromatic N) is 2. The molecule has 0 saturated carbocycles. The van der Waals surface area contributed by atoms with Crippen molar-refractivity contribution in [1.29, 1.82) is 0 Å². The first kappa shape index (κ1) is 22.0. The first-order chi connectivity index (χ1) is 14.4. The van der Waals surface area contributed by atoms with E-state index in [1.165, 1.54) is 23.0 Å². The average Bonchev–Trinajstić information content (AvgIpc) is 3.14. The molecule has 3 rings (SSSR count). The molecule has 10 heteroatoms. The van der Waals surface area contributed by atoms with Crippen LogP contribution in [-0.2, 0) is 9.53 Å². The van der Waals surface area contributed by atoms with E-state index in [9.17, 15) is 9.59 Å². The Morgan fingerprint density at radius 2 is 1.77 bits per heavy atom. The van der Waals surface area contributed by atoms with Crippen LogP contribution in [-0.4, -0.2) is 34.9 Å². The number of anilines is 1. The molecule has 7 nitrogen and oxygen atoms in total. The molecule has 1 aromatic heterocycles. The van der Waals surface area contributed by atoms with Crippen LogP contribution in [0.5, 0.6) is 5.75 Å². The van der Waals surface area contributed by atoms with E-state index in [4.69, 9.17) is 44.3 Å². The van der Waals surface area contributed by atoms with E-state index in [2.05, 4.69) is 10.4 Å². The average molecular weight is 469 g/mol. The normalized spacial score (nSPS) is 10.5. The van der Waals surface area contributed by atoms with Crippen LogP contribution in [0.3, 0.4) is 0 Å². The minimum atomic E-state index is -0.661. The molecule has 3 aromatic rings. The summed E-state index contributed by atoms with van der Waals surface area (Å²) in [6.07, 6.45) is 1.50. The molecule has 0 bridgehead atoms. The molecular weight excluding hydrogens is 453 g/mol. The van der Waals surface area contributed by atoms with Crippen molar-refractivity contribution in [3.63, 3.8) is 0 Å². The molecule has 30 heavy (non-hydrogen) atoms. The van der Waals surface area contributed by atoms with Crippen molar-refractivity contribution >= 4 is 52.4 Å². The second-order valence-electron chi connectivity index (χ2n) is 5.92. The Labute approximate surface area is 187 Å². The smallest absolute Gasteiger partial charge is 0.362 e. The summed E-state index contributed by atoms with van der Waals surface area (Å²) in [4.78, 5) is 24.6. The highest BCUT2D eigenvalue weighted by molar-refractivity contribution is 6.42. The quantitative estimate of drug-likeness (QED) is 0.492. The van der Waals surface area contributed by atoms with Crippen molar-refractivity contribution in [2.75, 3.05) is 18.5 Å². The molecule has 2 aromatic carbocycles. The number of benzene rings is 2. The van der Waals surface area contributed by atoms with E-state index < -0.39 is 18.5 Å². The minimum Gasteiger partial charge on any atom is -0.480 e. The lowest BCUT2D eigenvalue weighted by Gasteiger charge is -2.10. The van der Waals surface area contributed by atoms with E-state index >= 15 is 0 Å². The third kappa shape index (κ3) is 5.24. The van der Waals surface area contributed by atoms with Crippen molar-refractivity contribution in [3.8, 4) is 11.4 Å². The van der Waals surface area contributed by atoms with E-state index in [-0.39, 0.29) is 33.8 Å². The van der Waals surface area contributed by atoms with Crippen LogP contribution in [0, 0.1) is 0 Å². The molecular formula is C20H16Cl3N3O4. The molecule has 0 saturated heterocycles. The van der Waals surface area contributed by atoms with E-state index in [0.717, 1.165) is 0 Å². The van der Waals surface area contributed by atoms with Gasteiger partial charge in [-0.05, 0) is 31.2 Å². The second-order valence-corrected chi connectivity index (χ2v) is 7.17. The monoisotopic (exact) mass is 467 g/mol. The van der Waals surface area contributed by atoms with Gasteiger partial charge >= 0.3 is 5.97 Å². The van der Waals surface area contributed by atoms with Crippen LogP contribution < -0.4 is 10.1 Å². The number of hydrogen-bond acceptors (Lipinski definition) is 5. The number of hydrogen-bond donors (Lipinski definition) is 1. The number of carbonyl (C=O) groups excluding carboxylic acids is 2. The fraction of sp³-hybridized carbons (Fsp3) is 0.150. The Hall–Kier alpha value is -2.74. The predicted molar refractivity (Wildman–Crippen MR) is 115 cm³/mol. The zero-order valence-electron chi connectivity index (χ0n) is 15.7. The minimum absolute atomic E-state index is 0.0453. The lowest BCUT2D eigenvalue weighted by molar-refractivity contribution is -0.118. The molecule has 0 atom stereocenters. The maximum Gasteiger partial charge on any atom is 0.362 e. The zero-order chi connectivity index (χ0) is 21.7. The van der Waals surface area contributed by atoms with Gasteiger partial charge in [-0.1, -0.05) is 53.0 Å². The van der Waals surface area contributed by atoms with Crippen molar-refractivity contribution in [1.82, 2.24) is 9.78 Å². The van der Waals surface area contributed by atoms with Gasteiger partial charge in [0.25, 0.3) is 5.91 Å². The third-order valence-corrected chi connectivity index (χ3v) is 4.61. The summed E-state index contributed by atoms with van der Waals surface area (Å²) in [5.74, 6) is -1.10. The summed E-state index contributed by atoms with van der Waals surface area (Å²) in [6.45, 7) is 1.44. The zero-order valence-corrected chi connectivity index (χ0v) is 18.0. The molecule has 0 aliphatic heterocycles. The van der Waals surface area contributed by atoms with E-state index in [1.54, 1.807) is 6.92 Å². The fourth-order valence-electron chi connectivity index (χ4n) is 2.50. The van der Waals surface area contributed by atoms with Gasteiger partial charge < -0.3 is 14.8 Å². The molecule has 1 amide bonds. The SMILES string of the molecule is CCOC(=O)c1nn(-c2ccccc2)cc1OCC(=O)Nc1c(Cl)cc(Cl)cc1Cl. The molecule has 1 N–H and O–H groups in total. The Morgan fingerprint density at radius 3 is 2.40 bits per heavy atom. The molecule has 0 radical (unpaired) electrons. The first-order valence-corrected chi connectivity index (χ1v) is 9.91. The van der Waals surface area contributed by atoms with Crippen molar-refractivity contribution in [2.24, 2.45) is 0 Å². The molecule has 0 aliphatic carbocycles. The van der Waals surface area contributed by atoms with Crippen LogP contribution in [0.2, 0.25) is 15.1 Å². The summed E-state index contributed by atoms with van der Waals surface area (Å²) in [5.41, 5.74) is 0.875. The van der Waals surface area contributed by atoms with Gasteiger partial charge in [-0.2, -0.15) is 5.10 Å². The Morgan fingerprint density at radius 1 is 1.10 bits per heavy atom. The number of carbonyl (C=O) groups is 2. The Balaban J connectivity index is 1.77. The van der Waals surface area contributed by atoms with Gasteiger partial charge in [-0.15, -0.1) is 0 Å². The van der Waals surface area contributed by atoms with Gasteiger partial charge in [0, 0.05) is 5.02 Å². The topological polar surface area (TPSA) is 82.4 Å². The van der Waals surface area contributed by atoms with Crippen LogP contribution >= 0.6 is 34.8 Å². The van der Waals surface area contributed by atoms with Gasteiger partial charge in [0.15, 0.2) is 12.4 Å². The van der Waals surface area contributed by atoms with Crippen LogP contribution in [0.1, 0.15) is 17.4 Å². The second kappa shape index (κ2) is 9.84. The maximum atomic E-state index is 12.3. The van der Waals surface area contributed by atoms with Gasteiger partial charge in [0.05, 0.1) is 34.2 Å². The Kier molecular flexibility index (Phi) is 7.20. The number of rotatable bonds is 7. The molecule has 0 unspecified atom stereocenters. The van der Waals surface area contributed by atoms with Crippen molar-refractivity contribution in [3.05, 3.63) is 69.4 Å². The summed E-state index contributed by atoms with van der Waals surface area (Å²) in [7, 11) is 0. The molecule has 0 fully saturated rings. The highest BCUT2D eigenvalue weighted by atomic mass is 35.5. The molecule has 0 spiro atoms. The standard InChI is InChI=1S/C20H16Cl3N3O4/c1-2-29-20(28)19-16(10-26(25-19)13-6-4-3-5-7-13)30-11-17(27)24-18-14(22)8-12(21)9-15(18)23/h3-10H,2,11H2,1H3,(H,24,27). The van der Waals surface area contributed by atoms with Crippen LogP contribution in [0.4, 0.5) is 5.69 Å². The number of nitrogens with one attached hydrogen (secondary N) is 1. The van der Waals surface area contributed by atoms with E-state index in [0.29, 0.717) is 10.7 Å². The summed E-state index contributed by atoms with van der Waals surface area (Å²) >= 11 is 18.0. The molecule has 156 valence electrons. The number of aromatic nitrogens is 2. The van der Waals surface area contributed by atoms with Crippen molar-refractivity contribution < 1.29 is 19.1 Å². The predicted octanol–water partition coefficient (Wildman–Crippen LogP) is 5.03. The Bertz CT molecular complexity index is 1050. The largest absolute Gasteiger partial charge is 0.480 e. The van der Waals surface area contributed by atoms with Gasteiger partial charge in [0.1, 0.15) is 0 Å². The first-order valence-electron chi connectivity index (χ1n) is 8.78. The number of amides is 1. The number of ether oxygens (including phenoxy) is 2. The summed E-state index contributed by atoms with van der Waals surface area (Å²) in [5, 5.41) is 7.50. The van der Waals surface area contributed by atoms with Gasteiger partial charge in [-0.3, -0.25) is 4.79 Å². The highest BCUT2D eigenvalue weighted by Crippen LogP contribution is 2.33. The highest BCUT2D eigenvalue weighted by Gasteiger charge is 2.21. The van der Waals surface area contributed by atoms with Crippen LogP contribution in [0.25, 0.3) is 5.69 Å². The lowest BCUT2D eigenvalue weighted by atomic mass is 10.3.